The maximum absolute atomic E-state index is 9.93. The highest BCUT2D eigenvalue weighted by Crippen LogP contribution is 2.24. The van der Waals surface area contributed by atoms with Gasteiger partial charge in [-0.15, -0.1) is 0 Å². The molecule has 1 aromatic rings. The van der Waals surface area contributed by atoms with E-state index >= 15 is 0 Å². The van der Waals surface area contributed by atoms with Gasteiger partial charge < -0.3 is 15.5 Å². The van der Waals surface area contributed by atoms with E-state index in [1.807, 2.05) is 0 Å². The highest BCUT2D eigenvalue weighted by atomic mass is 16.3. The molecule has 0 aliphatic rings. The van der Waals surface area contributed by atoms with Gasteiger partial charge in [-0.25, -0.2) is 0 Å². The van der Waals surface area contributed by atoms with Gasteiger partial charge in [0.15, 0.2) is 11.5 Å². The predicted molar refractivity (Wildman–Crippen MR) is 56.7 cm³/mol. The summed E-state index contributed by atoms with van der Waals surface area (Å²) in [6.07, 6.45) is 4.33. The van der Waals surface area contributed by atoms with Gasteiger partial charge in [-0.1, -0.05) is 6.07 Å². The average Bonchev–Trinajstić information content (AvgIpc) is 2.23. The first-order valence-corrected chi connectivity index (χ1v) is 4.58. The summed E-state index contributed by atoms with van der Waals surface area (Å²) in [5.74, 6) is -0.233. The molecule has 0 aliphatic carbocycles. The number of nitrogens with one attached hydrogen (secondary N) is 1. The number of hydrogen-bond acceptors (Lipinski definition) is 4. The van der Waals surface area contributed by atoms with Crippen LogP contribution in [0.5, 0.6) is 11.5 Å². The molecule has 15 heavy (non-hydrogen) atoms. The lowest BCUT2D eigenvalue weighted by molar-refractivity contribution is -0.104. The van der Waals surface area contributed by atoms with Crippen molar-refractivity contribution in [2.45, 2.75) is 6.42 Å². The number of aromatic hydroxyl groups is 2. The zero-order chi connectivity index (χ0) is 11.1. The van der Waals surface area contributed by atoms with Crippen molar-refractivity contribution in [3.05, 3.63) is 36.0 Å². The van der Waals surface area contributed by atoms with Crippen molar-refractivity contribution in [1.82, 2.24) is 5.32 Å². The maximum Gasteiger partial charge on any atom is 0.157 e. The van der Waals surface area contributed by atoms with Crippen LogP contribution in [0.2, 0.25) is 0 Å². The van der Waals surface area contributed by atoms with Crippen molar-refractivity contribution in [3.63, 3.8) is 0 Å². The van der Waals surface area contributed by atoms with Gasteiger partial charge in [-0.05, 0) is 36.4 Å². The van der Waals surface area contributed by atoms with Crippen molar-refractivity contribution in [3.8, 4) is 11.5 Å². The predicted octanol–water partition coefficient (Wildman–Crippen LogP) is 0.942. The summed E-state index contributed by atoms with van der Waals surface area (Å²) in [5, 5.41) is 21.2. The zero-order valence-corrected chi connectivity index (χ0v) is 8.18. The van der Waals surface area contributed by atoms with Crippen molar-refractivity contribution in [2.75, 3.05) is 6.54 Å². The number of aldehydes is 1. The fourth-order valence-electron chi connectivity index (χ4n) is 1.13. The highest BCUT2D eigenvalue weighted by molar-refractivity contribution is 5.64. The molecule has 4 nitrogen and oxygen atoms in total. The van der Waals surface area contributed by atoms with Gasteiger partial charge >= 0.3 is 0 Å². The normalized spacial score (nSPS) is 10.4. The van der Waals surface area contributed by atoms with Crippen molar-refractivity contribution >= 4 is 6.29 Å². The fourth-order valence-corrected chi connectivity index (χ4v) is 1.13. The summed E-state index contributed by atoms with van der Waals surface area (Å²) in [5.41, 5.74) is 0.914. The van der Waals surface area contributed by atoms with Crippen LogP contribution in [0, 0.1) is 0 Å². The monoisotopic (exact) mass is 207 g/mol. The molecule has 0 aliphatic heterocycles. The molecule has 1 rings (SSSR count). The number of rotatable bonds is 5. The van der Waals surface area contributed by atoms with Gasteiger partial charge in [0.25, 0.3) is 0 Å². The number of benzene rings is 1. The topological polar surface area (TPSA) is 69.6 Å². The Morgan fingerprint density at radius 1 is 1.27 bits per heavy atom. The molecule has 0 spiro atoms. The smallest absolute Gasteiger partial charge is 0.157 e. The first-order valence-electron chi connectivity index (χ1n) is 4.58. The molecule has 0 heterocycles. The average molecular weight is 207 g/mol. The van der Waals surface area contributed by atoms with Crippen molar-refractivity contribution in [1.29, 1.82) is 0 Å². The lowest BCUT2D eigenvalue weighted by Crippen LogP contribution is -2.09. The second-order valence-corrected chi connectivity index (χ2v) is 3.02. The van der Waals surface area contributed by atoms with Crippen LogP contribution >= 0.6 is 0 Å². The Hall–Kier alpha value is -1.97. The first-order chi connectivity index (χ1) is 7.24. The number of carbonyl (C=O) groups excluding carboxylic acids is 1. The minimum Gasteiger partial charge on any atom is -0.504 e. The Morgan fingerprint density at radius 2 is 2.07 bits per heavy atom. The number of hydrogen-bond donors (Lipinski definition) is 3. The molecule has 0 unspecified atom stereocenters. The summed E-state index contributed by atoms with van der Waals surface area (Å²) in [6.45, 7) is 0.661. The molecule has 0 saturated heterocycles. The molecular weight excluding hydrogens is 194 g/mol. The quantitative estimate of drug-likeness (QED) is 0.291. The lowest BCUT2D eigenvalue weighted by atomic mass is 10.1. The van der Waals surface area contributed by atoms with Crippen LogP contribution in [-0.2, 0) is 11.2 Å². The Morgan fingerprint density at radius 3 is 2.73 bits per heavy atom. The van der Waals surface area contributed by atoms with E-state index in [4.69, 9.17) is 5.11 Å². The van der Waals surface area contributed by atoms with Gasteiger partial charge in [0.1, 0.15) is 6.29 Å². The first kappa shape index (κ1) is 11.1. The van der Waals surface area contributed by atoms with E-state index in [2.05, 4.69) is 5.32 Å². The third-order valence-electron chi connectivity index (χ3n) is 1.89. The largest absolute Gasteiger partial charge is 0.504 e. The van der Waals surface area contributed by atoms with Crippen LogP contribution in [0.4, 0.5) is 0 Å². The van der Waals surface area contributed by atoms with E-state index in [9.17, 15) is 9.90 Å². The van der Waals surface area contributed by atoms with Gasteiger partial charge in [-0.3, -0.25) is 4.79 Å². The van der Waals surface area contributed by atoms with Crippen LogP contribution in [0.15, 0.2) is 30.5 Å². The van der Waals surface area contributed by atoms with Crippen LogP contribution in [0.1, 0.15) is 5.56 Å². The molecule has 0 radical (unpaired) electrons. The Bertz CT molecular complexity index is 361. The second-order valence-electron chi connectivity index (χ2n) is 3.02. The van der Waals surface area contributed by atoms with E-state index in [1.54, 1.807) is 12.3 Å². The van der Waals surface area contributed by atoms with E-state index in [1.165, 1.54) is 18.2 Å². The third-order valence-corrected chi connectivity index (χ3v) is 1.89. The number of carbonyl (C=O) groups is 1. The van der Waals surface area contributed by atoms with Gasteiger partial charge in [0, 0.05) is 6.54 Å². The molecule has 0 aromatic heterocycles. The van der Waals surface area contributed by atoms with Crippen LogP contribution in [0.25, 0.3) is 0 Å². The number of allylic oxidation sites excluding steroid dienone is 1. The van der Waals surface area contributed by atoms with Crippen molar-refractivity contribution < 1.29 is 15.0 Å². The zero-order valence-electron chi connectivity index (χ0n) is 8.18. The molecule has 0 fully saturated rings. The standard InChI is InChI=1S/C11H13NO3/c13-7-1-5-12-6-4-9-2-3-10(14)11(15)8-9/h1-3,5,7-8,12,14-15H,4,6H2. The molecule has 4 heteroatoms. The number of phenols is 2. The lowest BCUT2D eigenvalue weighted by Gasteiger charge is -2.03. The van der Waals surface area contributed by atoms with Crippen LogP contribution in [0.3, 0.4) is 0 Å². The SMILES string of the molecule is O=CC=CNCCc1ccc(O)c(O)c1. The molecule has 0 atom stereocenters. The number of phenolic OH excluding ortho intramolecular Hbond substituents is 2. The van der Waals surface area contributed by atoms with E-state index in [-0.39, 0.29) is 11.5 Å². The third kappa shape index (κ3) is 3.72. The molecule has 80 valence electrons. The summed E-state index contributed by atoms with van der Waals surface area (Å²) >= 11 is 0. The van der Waals surface area contributed by atoms with Gasteiger partial charge in [0.2, 0.25) is 0 Å². The Labute approximate surface area is 87.9 Å². The summed E-state index contributed by atoms with van der Waals surface area (Å²) in [4.78, 5) is 9.93. The molecule has 3 N–H and O–H groups in total. The second kappa shape index (κ2) is 5.70. The Kier molecular flexibility index (Phi) is 4.22. The minimum absolute atomic E-state index is 0.115. The van der Waals surface area contributed by atoms with E-state index in [0.717, 1.165) is 5.56 Å². The molecule has 1 aromatic carbocycles. The molecule has 0 bridgehead atoms. The molecule has 0 saturated carbocycles. The summed E-state index contributed by atoms with van der Waals surface area (Å²) in [7, 11) is 0. The van der Waals surface area contributed by atoms with Gasteiger partial charge in [0.05, 0.1) is 0 Å². The summed E-state index contributed by atoms with van der Waals surface area (Å²) in [6, 6.07) is 4.70. The van der Waals surface area contributed by atoms with Crippen molar-refractivity contribution in [2.24, 2.45) is 0 Å². The fraction of sp³-hybridized carbons (Fsp3) is 0.182. The molecule has 0 amide bonds. The van der Waals surface area contributed by atoms with E-state index < -0.39 is 0 Å². The summed E-state index contributed by atoms with van der Waals surface area (Å²) < 4.78 is 0. The van der Waals surface area contributed by atoms with Crippen LogP contribution in [-0.4, -0.2) is 23.0 Å². The maximum atomic E-state index is 9.93. The van der Waals surface area contributed by atoms with Gasteiger partial charge in [-0.2, -0.15) is 0 Å². The highest BCUT2D eigenvalue weighted by Gasteiger charge is 1.99. The molecular formula is C11H13NO3. The Balaban J connectivity index is 2.41. The van der Waals surface area contributed by atoms with Crippen LogP contribution < -0.4 is 5.32 Å². The van der Waals surface area contributed by atoms with E-state index in [0.29, 0.717) is 19.3 Å². The minimum atomic E-state index is -0.118.